The Morgan fingerprint density at radius 2 is 1.70 bits per heavy atom. The fourth-order valence-electron chi connectivity index (χ4n) is 4.32. The van der Waals surface area contributed by atoms with Crippen molar-refractivity contribution in [2.24, 2.45) is 0 Å². The third-order valence-electron chi connectivity index (χ3n) is 6.01. The highest BCUT2D eigenvalue weighted by Gasteiger charge is 2.40. The summed E-state index contributed by atoms with van der Waals surface area (Å²) in [7, 11) is 0. The maximum atomic E-state index is 6.10. The molecule has 2 fully saturated rings. The number of hydrogen-bond acceptors (Lipinski definition) is 8. The van der Waals surface area contributed by atoms with E-state index < -0.39 is 5.79 Å². The zero-order valence-electron chi connectivity index (χ0n) is 18.0. The highest BCUT2D eigenvalue weighted by Crippen LogP contribution is 2.36. The number of H-pyrrole nitrogens is 1. The number of nitrogens with one attached hydrogen (secondary N) is 2. The van der Waals surface area contributed by atoms with Gasteiger partial charge in [-0.05, 0) is 36.4 Å². The van der Waals surface area contributed by atoms with Gasteiger partial charge in [0.15, 0.2) is 11.6 Å². The Morgan fingerprint density at radius 3 is 2.48 bits per heavy atom. The van der Waals surface area contributed by atoms with E-state index in [1.54, 1.807) is 12.4 Å². The summed E-state index contributed by atoms with van der Waals surface area (Å²) in [6.07, 6.45) is 4.93. The smallest absolute Gasteiger partial charge is 0.263 e. The topological polar surface area (TPSA) is 97.4 Å². The van der Waals surface area contributed by atoms with Gasteiger partial charge in [0, 0.05) is 44.0 Å². The van der Waals surface area contributed by atoms with Gasteiger partial charge < -0.3 is 29.4 Å². The molecule has 2 aliphatic rings. The van der Waals surface area contributed by atoms with Crippen molar-refractivity contribution in [1.29, 1.82) is 0 Å². The lowest BCUT2D eigenvalue weighted by Crippen LogP contribution is -2.45. The lowest BCUT2D eigenvalue weighted by Gasteiger charge is -2.38. The van der Waals surface area contributed by atoms with E-state index in [0.717, 1.165) is 48.5 Å². The number of fused-ring (bicyclic) bond motifs is 1. The maximum absolute atomic E-state index is 6.10. The number of para-hydroxylation sites is 2. The second kappa shape index (κ2) is 8.34. The third-order valence-corrected chi connectivity index (χ3v) is 6.01. The quantitative estimate of drug-likeness (QED) is 0.472. The summed E-state index contributed by atoms with van der Waals surface area (Å²) in [6.45, 7) is 2.88. The van der Waals surface area contributed by atoms with Gasteiger partial charge in [-0.25, -0.2) is 15.0 Å². The first-order valence-corrected chi connectivity index (χ1v) is 11.1. The third kappa shape index (κ3) is 4.08. The van der Waals surface area contributed by atoms with Crippen LogP contribution in [0.2, 0.25) is 0 Å². The number of nitrogens with zero attached hydrogens (tertiary/aromatic N) is 4. The molecule has 2 aliphatic heterocycles. The number of imidazole rings is 1. The van der Waals surface area contributed by atoms with Crippen LogP contribution in [0.25, 0.3) is 11.0 Å². The van der Waals surface area contributed by atoms with Crippen LogP contribution in [0.1, 0.15) is 12.8 Å². The predicted octanol–water partition coefficient (Wildman–Crippen LogP) is 4.23. The van der Waals surface area contributed by atoms with E-state index in [9.17, 15) is 0 Å². The average Bonchev–Trinajstić information content (AvgIpc) is 3.48. The lowest BCUT2D eigenvalue weighted by atomic mass is 10.0. The fourth-order valence-corrected chi connectivity index (χ4v) is 4.32. The van der Waals surface area contributed by atoms with Gasteiger partial charge >= 0.3 is 0 Å². The summed E-state index contributed by atoms with van der Waals surface area (Å²) < 4.78 is 17.8. The van der Waals surface area contributed by atoms with Crippen molar-refractivity contribution in [2.75, 3.05) is 36.5 Å². The van der Waals surface area contributed by atoms with Crippen LogP contribution in [0.3, 0.4) is 0 Å². The average molecular weight is 444 g/mol. The SMILES string of the molecule is c1ccc2[nH]c(Nc3ccc(Oc4nccnc4N4CCC5(CC4)OCCO5)cc3)nc2c1. The molecule has 0 aliphatic carbocycles. The van der Waals surface area contributed by atoms with Crippen molar-refractivity contribution >= 4 is 28.5 Å². The standard InChI is InChI=1S/C24H24N6O3/c1-2-4-20-19(3-1)28-23(29-20)27-17-5-7-18(8-6-17)33-22-21(25-11-12-26-22)30-13-9-24(10-14-30)31-15-16-32-24/h1-8,11-12H,9-10,13-16H2,(H2,27,28,29). The number of piperidine rings is 1. The summed E-state index contributed by atoms with van der Waals surface area (Å²) in [5.74, 6) is 2.17. The summed E-state index contributed by atoms with van der Waals surface area (Å²) in [6, 6.07) is 15.6. The number of aromatic nitrogens is 4. The number of ether oxygens (including phenoxy) is 3. The van der Waals surface area contributed by atoms with Gasteiger partial charge in [-0.3, -0.25) is 0 Å². The number of hydrogen-bond donors (Lipinski definition) is 2. The van der Waals surface area contributed by atoms with Crippen molar-refractivity contribution in [3.8, 4) is 11.6 Å². The number of aromatic amines is 1. The van der Waals surface area contributed by atoms with Crippen LogP contribution in [-0.4, -0.2) is 52.0 Å². The molecule has 0 amide bonds. The van der Waals surface area contributed by atoms with Crippen LogP contribution >= 0.6 is 0 Å². The van der Waals surface area contributed by atoms with Crippen LogP contribution in [0.15, 0.2) is 60.9 Å². The van der Waals surface area contributed by atoms with Crippen LogP contribution in [0.5, 0.6) is 11.6 Å². The van der Waals surface area contributed by atoms with Crippen molar-refractivity contribution in [1.82, 2.24) is 19.9 Å². The monoisotopic (exact) mass is 444 g/mol. The maximum Gasteiger partial charge on any atom is 0.263 e. The van der Waals surface area contributed by atoms with Gasteiger partial charge in [-0.1, -0.05) is 12.1 Å². The van der Waals surface area contributed by atoms with Crippen molar-refractivity contribution < 1.29 is 14.2 Å². The van der Waals surface area contributed by atoms with Crippen LogP contribution in [0, 0.1) is 0 Å². The van der Waals surface area contributed by atoms with E-state index in [1.807, 2.05) is 48.5 Å². The minimum atomic E-state index is -0.428. The molecule has 9 nitrogen and oxygen atoms in total. The Balaban J connectivity index is 1.14. The van der Waals surface area contributed by atoms with E-state index in [2.05, 4.69) is 30.2 Å². The van der Waals surface area contributed by atoms with E-state index in [4.69, 9.17) is 14.2 Å². The molecule has 0 saturated carbocycles. The number of benzene rings is 2. The molecule has 6 rings (SSSR count). The molecule has 1 spiro atoms. The summed E-state index contributed by atoms with van der Waals surface area (Å²) in [5.41, 5.74) is 2.81. The molecule has 4 heterocycles. The van der Waals surface area contributed by atoms with E-state index >= 15 is 0 Å². The molecule has 2 N–H and O–H groups in total. The van der Waals surface area contributed by atoms with Crippen LogP contribution in [0.4, 0.5) is 17.5 Å². The highest BCUT2D eigenvalue weighted by atomic mass is 16.7. The molecule has 33 heavy (non-hydrogen) atoms. The molecule has 4 aromatic rings. The van der Waals surface area contributed by atoms with Crippen LogP contribution in [-0.2, 0) is 9.47 Å². The van der Waals surface area contributed by atoms with Crippen molar-refractivity contribution in [2.45, 2.75) is 18.6 Å². The fraction of sp³-hybridized carbons (Fsp3) is 0.292. The first kappa shape index (κ1) is 20.0. The highest BCUT2D eigenvalue weighted by molar-refractivity contribution is 5.78. The summed E-state index contributed by atoms with van der Waals surface area (Å²) >= 11 is 0. The molecule has 168 valence electrons. The number of anilines is 3. The van der Waals surface area contributed by atoms with E-state index in [-0.39, 0.29) is 0 Å². The largest absolute Gasteiger partial charge is 0.436 e. The number of rotatable bonds is 5. The first-order chi connectivity index (χ1) is 16.3. The molecule has 0 bridgehead atoms. The molecular weight excluding hydrogens is 420 g/mol. The molecule has 2 saturated heterocycles. The van der Waals surface area contributed by atoms with Gasteiger partial charge in [-0.2, -0.15) is 0 Å². The molecule has 9 heteroatoms. The van der Waals surface area contributed by atoms with Crippen LogP contribution < -0.4 is 15.0 Å². The van der Waals surface area contributed by atoms with E-state index in [1.165, 1.54) is 0 Å². The van der Waals surface area contributed by atoms with Gasteiger partial charge in [0.25, 0.3) is 5.88 Å². The first-order valence-electron chi connectivity index (χ1n) is 11.1. The Bertz CT molecular complexity index is 1210. The summed E-state index contributed by atoms with van der Waals surface area (Å²) in [4.78, 5) is 19.0. The van der Waals surface area contributed by atoms with Crippen molar-refractivity contribution in [3.05, 3.63) is 60.9 Å². The second-order valence-electron chi connectivity index (χ2n) is 8.13. The van der Waals surface area contributed by atoms with Gasteiger partial charge in [0.05, 0.1) is 24.2 Å². The Hall–Kier alpha value is -3.69. The van der Waals surface area contributed by atoms with Gasteiger partial charge in [-0.15, -0.1) is 0 Å². The molecule has 0 radical (unpaired) electrons. The summed E-state index contributed by atoms with van der Waals surface area (Å²) in [5, 5.41) is 3.29. The predicted molar refractivity (Wildman–Crippen MR) is 124 cm³/mol. The Kier molecular flexibility index (Phi) is 5.04. The molecule has 0 atom stereocenters. The van der Waals surface area contributed by atoms with Crippen molar-refractivity contribution in [3.63, 3.8) is 0 Å². The second-order valence-corrected chi connectivity index (χ2v) is 8.13. The molecule has 0 unspecified atom stereocenters. The zero-order chi connectivity index (χ0) is 22.1. The zero-order valence-corrected chi connectivity index (χ0v) is 18.0. The van der Waals surface area contributed by atoms with Gasteiger partial charge in [0.1, 0.15) is 5.75 Å². The normalized spacial score (nSPS) is 17.5. The molecular formula is C24H24N6O3. The van der Waals surface area contributed by atoms with E-state index in [0.29, 0.717) is 30.8 Å². The molecule has 2 aromatic carbocycles. The minimum absolute atomic E-state index is 0.428. The molecule has 2 aromatic heterocycles. The lowest BCUT2D eigenvalue weighted by molar-refractivity contribution is -0.169. The Labute approximate surface area is 190 Å². The minimum Gasteiger partial charge on any atom is -0.436 e. The van der Waals surface area contributed by atoms with Gasteiger partial charge in [0.2, 0.25) is 5.95 Å². The Morgan fingerprint density at radius 1 is 0.939 bits per heavy atom.